The minimum Gasteiger partial charge on any atom is -0.477 e. The van der Waals surface area contributed by atoms with Crippen molar-refractivity contribution in [3.8, 4) is 5.88 Å². The molecule has 1 aromatic heterocycles. The molecular formula is C18H32N2O. The topological polar surface area (TPSA) is 35.0 Å². The summed E-state index contributed by atoms with van der Waals surface area (Å²) in [5, 5.41) is 0. The molecule has 3 nitrogen and oxygen atoms in total. The van der Waals surface area contributed by atoms with Gasteiger partial charge in [-0.2, -0.15) is 0 Å². The van der Waals surface area contributed by atoms with Crippen molar-refractivity contribution in [2.24, 2.45) is 0 Å². The van der Waals surface area contributed by atoms with E-state index in [2.05, 4.69) is 23.8 Å². The highest BCUT2D eigenvalue weighted by molar-refractivity contribution is 5.21. The molecule has 0 saturated heterocycles. The SMILES string of the molecule is CCCCCCCC(CCCC)c1nccnc1OCC. The molecule has 1 rings (SSSR count). The Morgan fingerprint density at radius 1 is 0.857 bits per heavy atom. The van der Waals surface area contributed by atoms with E-state index in [-0.39, 0.29) is 0 Å². The first-order chi connectivity index (χ1) is 10.3. The third-order valence-corrected chi connectivity index (χ3v) is 3.92. The van der Waals surface area contributed by atoms with E-state index in [0.717, 1.165) is 11.6 Å². The minimum absolute atomic E-state index is 0.502. The molecule has 1 aromatic rings. The molecule has 0 aromatic carbocycles. The Kier molecular flexibility index (Phi) is 9.84. The van der Waals surface area contributed by atoms with Crippen LogP contribution in [0.5, 0.6) is 5.88 Å². The molecule has 0 bridgehead atoms. The molecule has 0 N–H and O–H groups in total. The van der Waals surface area contributed by atoms with Crippen LogP contribution in [0.25, 0.3) is 0 Å². The second-order valence-electron chi connectivity index (χ2n) is 5.72. The first-order valence-electron chi connectivity index (χ1n) is 8.77. The summed E-state index contributed by atoms with van der Waals surface area (Å²) in [6, 6.07) is 0. The molecule has 1 heterocycles. The maximum atomic E-state index is 5.67. The fourth-order valence-electron chi connectivity index (χ4n) is 2.73. The van der Waals surface area contributed by atoms with Crippen LogP contribution in [0, 0.1) is 0 Å². The van der Waals surface area contributed by atoms with Crippen molar-refractivity contribution >= 4 is 0 Å². The lowest BCUT2D eigenvalue weighted by Crippen LogP contribution is -2.07. The molecule has 21 heavy (non-hydrogen) atoms. The van der Waals surface area contributed by atoms with Crippen molar-refractivity contribution in [2.75, 3.05) is 6.61 Å². The van der Waals surface area contributed by atoms with Gasteiger partial charge in [0.15, 0.2) is 0 Å². The highest BCUT2D eigenvalue weighted by atomic mass is 16.5. The largest absolute Gasteiger partial charge is 0.477 e. The van der Waals surface area contributed by atoms with Gasteiger partial charge in [-0.25, -0.2) is 4.98 Å². The number of hydrogen-bond acceptors (Lipinski definition) is 3. The summed E-state index contributed by atoms with van der Waals surface area (Å²) in [5.74, 6) is 1.25. The van der Waals surface area contributed by atoms with Crippen molar-refractivity contribution in [3.05, 3.63) is 18.1 Å². The van der Waals surface area contributed by atoms with Crippen molar-refractivity contribution < 1.29 is 4.74 Å². The zero-order chi connectivity index (χ0) is 15.3. The quantitative estimate of drug-likeness (QED) is 0.476. The van der Waals surface area contributed by atoms with Crippen molar-refractivity contribution in [2.45, 2.75) is 84.5 Å². The van der Waals surface area contributed by atoms with Gasteiger partial charge in [-0.05, 0) is 19.8 Å². The van der Waals surface area contributed by atoms with E-state index in [1.54, 1.807) is 12.4 Å². The molecule has 0 saturated carbocycles. The third-order valence-electron chi connectivity index (χ3n) is 3.92. The number of nitrogens with zero attached hydrogens (tertiary/aromatic N) is 2. The van der Waals surface area contributed by atoms with Gasteiger partial charge in [0.2, 0.25) is 5.88 Å². The number of rotatable bonds is 12. The van der Waals surface area contributed by atoms with E-state index in [4.69, 9.17) is 4.74 Å². The van der Waals surface area contributed by atoms with E-state index in [1.807, 2.05) is 6.92 Å². The smallest absolute Gasteiger partial charge is 0.235 e. The number of unbranched alkanes of at least 4 members (excludes halogenated alkanes) is 5. The van der Waals surface area contributed by atoms with Crippen molar-refractivity contribution in [1.82, 2.24) is 9.97 Å². The van der Waals surface area contributed by atoms with Gasteiger partial charge in [0.1, 0.15) is 5.69 Å². The molecule has 120 valence electrons. The first-order valence-corrected chi connectivity index (χ1v) is 8.77. The minimum atomic E-state index is 0.502. The Morgan fingerprint density at radius 2 is 1.52 bits per heavy atom. The fraction of sp³-hybridized carbons (Fsp3) is 0.778. The van der Waals surface area contributed by atoms with E-state index < -0.39 is 0 Å². The standard InChI is InChI=1S/C18H32N2O/c1-4-7-9-10-11-13-16(12-8-5-2)17-18(21-6-3)20-15-14-19-17/h14-16H,4-13H2,1-3H3. The predicted molar refractivity (Wildman–Crippen MR) is 88.8 cm³/mol. The van der Waals surface area contributed by atoms with Crippen LogP contribution < -0.4 is 4.74 Å². The molecule has 0 fully saturated rings. The summed E-state index contributed by atoms with van der Waals surface area (Å²) < 4.78 is 5.67. The predicted octanol–water partition coefficient (Wildman–Crippen LogP) is 5.51. The number of aromatic nitrogens is 2. The van der Waals surface area contributed by atoms with Gasteiger partial charge in [-0.15, -0.1) is 0 Å². The van der Waals surface area contributed by atoms with E-state index in [9.17, 15) is 0 Å². The molecule has 0 aliphatic rings. The maximum absolute atomic E-state index is 5.67. The van der Waals surface area contributed by atoms with Gasteiger partial charge in [-0.1, -0.05) is 58.8 Å². The molecule has 0 spiro atoms. The first kappa shape index (κ1) is 17.9. The van der Waals surface area contributed by atoms with Gasteiger partial charge in [0.25, 0.3) is 0 Å². The average Bonchev–Trinajstić information content (AvgIpc) is 2.51. The Bertz CT molecular complexity index is 368. The zero-order valence-corrected chi connectivity index (χ0v) is 14.1. The molecule has 1 unspecified atom stereocenters. The summed E-state index contributed by atoms with van der Waals surface area (Å²) in [6.45, 7) is 7.17. The fourth-order valence-corrected chi connectivity index (χ4v) is 2.73. The molecule has 0 aliphatic carbocycles. The summed E-state index contributed by atoms with van der Waals surface area (Å²) in [4.78, 5) is 8.95. The third kappa shape index (κ3) is 6.92. The Morgan fingerprint density at radius 3 is 2.24 bits per heavy atom. The highest BCUT2D eigenvalue weighted by Gasteiger charge is 2.18. The number of hydrogen-bond donors (Lipinski definition) is 0. The van der Waals surface area contributed by atoms with Gasteiger partial charge in [0.05, 0.1) is 6.61 Å². The Balaban J connectivity index is 2.63. The van der Waals surface area contributed by atoms with E-state index in [1.165, 1.54) is 57.8 Å². The molecule has 0 aliphatic heterocycles. The summed E-state index contributed by atoms with van der Waals surface area (Å²) in [6.07, 6.45) is 15.1. The second kappa shape index (κ2) is 11.5. The normalized spacial score (nSPS) is 12.3. The molecule has 3 heteroatoms. The lowest BCUT2D eigenvalue weighted by atomic mass is 9.92. The van der Waals surface area contributed by atoms with Crippen LogP contribution in [0.2, 0.25) is 0 Å². The lowest BCUT2D eigenvalue weighted by molar-refractivity contribution is 0.314. The van der Waals surface area contributed by atoms with Crippen LogP contribution >= 0.6 is 0 Å². The van der Waals surface area contributed by atoms with E-state index in [0.29, 0.717) is 12.5 Å². The number of ether oxygens (including phenoxy) is 1. The van der Waals surface area contributed by atoms with Gasteiger partial charge < -0.3 is 4.74 Å². The Hall–Kier alpha value is -1.12. The molecule has 0 radical (unpaired) electrons. The van der Waals surface area contributed by atoms with Crippen LogP contribution in [0.4, 0.5) is 0 Å². The van der Waals surface area contributed by atoms with Gasteiger partial charge in [0, 0.05) is 18.3 Å². The Labute approximate surface area is 130 Å². The van der Waals surface area contributed by atoms with Gasteiger partial charge in [-0.3, -0.25) is 4.98 Å². The molecule has 1 atom stereocenters. The van der Waals surface area contributed by atoms with Crippen molar-refractivity contribution in [3.63, 3.8) is 0 Å². The van der Waals surface area contributed by atoms with Crippen molar-refractivity contribution in [1.29, 1.82) is 0 Å². The molecular weight excluding hydrogens is 260 g/mol. The zero-order valence-electron chi connectivity index (χ0n) is 14.1. The second-order valence-corrected chi connectivity index (χ2v) is 5.72. The van der Waals surface area contributed by atoms with Crippen LogP contribution in [-0.4, -0.2) is 16.6 Å². The monoisotopic (exact) mass is 292 g/mol. The van der Waals surface area contributed by atoms with Crippen LogP contribution in [0.15, 0.2) is 12.4 Å². The average molecular weight is 292 g/mol. The summed E-state index contributed by atoms with van der Waals surface area (Å²) in [7, 11) is 0. The maximum Gasteiger partial charge on any atom is 0.235 e. The van der Waals surface area contributed by atoms with Gasteiger partial charge >= 0.3 is 0 Å². The van der Waals surface area contributed by atoms with E-state index >= 15 is 0 Å². The summed E-state index contributed by atoms with van der Waals surface area (Å²) in [5.41, 5.74) is 1.07. The molecule has 0 amide bonds. The van der Waals surface area contributed by atoms with Crippen LogP contribution in [0.3, 0.4) is 0 Å². The highest BCUT2D eigenvalue weighted by Crippen LogP contribution is 2.31. The van der Waals surface area contributed by atoms with Crippen LogP contribution in [-0.2, 0) is 0 Å². The lowest BCUT2D eigenvalue weighted by Gasteiger charge is -2.18. The summed E-state index contributed by atoms with van der Waals surface area (Å²) >= 11 is 0. The van der Waals surface area contributed by atoms with Crippen LogP contribution in [0.1, 0.15) is 90.2 Å².